The van der Waals surface area contributed by atoms with Crippen molar-refractivity contribution in [2.24, 2.45) is 11.3 Å². The van der Waals surface area contributed by atoms with Gasteiger partial charge in [-0.2, -0.15) is 0 Å². The molecule has 9 nitrogen and oxygen atoms in total. The van der Waals surface area contributed by atoms with E-state index in [0.717, 1.165) is 17.7 Å². The van der Waals surface area contributed by atoms with E-state index in [1.807, 2.05) is 109 Å². The van der Waals surface area contributed by atoms with E-state index in [9.17, 15) is 19.2 Å². The van der Waals surface area contributed by atoms with Crippen LogP contribution in [0.5, 0.6) is 0 Å². The first-order chi connectivity index (χ1) is 21.7. The molecule has 1 aliphatic carbocycles. The van der Waals surface area contributed by atoms with Crippen molar-refractivity contribution in [2.45, 2.75) is 104 Å². The van der Waals surface area contributed by atoms with Gasteiger partial charge in [0.1, 0.15) is 11.6 Å². The van der Waals surface area contributed by atoms with Gasteiger partial charge < -0.3 is 26.6 Å². The van der Waals surface area contributed by atoms with Gasteiger partial charge in [0.15, 0.2) is 0 Å². The third kappa shape index (κ3) is 10.4. The second kappa shape index (κ2) is 16.2. The largest absolute Gasteiger partial charge is 0.353 e. The maximum absolute atomic E-state index is 14.1. The van der Waals surface area contributed by atoms with Crippen LogP contribution < -0.4 is 26.6 Å². The Bertz CT molecular complexity index is 1320. The molecule has 0 heterocycles. The first-order valence-electron chi connectivity index (χ1n) is 16.8. The monoisotopic (exact) mass is 633 g/mol. The van der Waals surface area contributed by atoms with Crippen LogP contribution in [0.3, 0.4) is 0 Å². The Kier molecular flexibility index (Phi) is 12.9. The lowest BCUT2D eigenvalue weighted by molar-refractivity contribution is -0.133. The number of carbonyl (C=O) groups excluding carboxylic acids is 4. The summed E-state index contributed by atoms with van der Waals surface area (Å²) in [6, 6.07) is 18.4. The molecule has 2 aromatic rings. The summed E-state index contributed by atoms with van der Waals surface area (Å²) in [6.45, 7) is 15.6. The van der Waals surface area contributed by atoms with Crippen molar-refractivity contribution >= 4 is 23.6 Å². The van der Waals surface area contributed by atoms with Crippen LogP contribution in [0, 0.1) is 11.3 Å². The van der Waals surface area contributed by atoms with Crippen molar-refractivity contribution in [3.63, 3.8) is 0 Å². The molecule has 0 bridgehead atoms. The van der Waals surface area contributed by atoms with Gasteiger partial charge in [-0.1, -0.05) is 102 Å². The average molecular weight is 634 g/mol. The van der Waals surface area contributed by atoms with Crippen LogP contribution >= 0.6 is 0 Å². The highest BCUT2D eigenvalue weighted by Crippen LogP contribution is 2.51. The molecule has 4 amide bonds. The minimum atomic E-state index is -1.10. The second-order valence-electron chi connectivity index (χ2n) is 14.1. The highest BCUT2D eigenvalue weighted by atomic mass is 16.2. The van der Waals surface area contributed by atoms with Gasteiger partial charge in [0.2, 0.25) is 23.6 Å². The molecule has 252 valence electrons. The zero-order chi connectivity index (χ0) is 34.0. The Labute approximate surface area is 275 Å². The fourth-order valence-electron chi connectivity index (χ4n) is 6.30. The predicted molar refractivity (Wildman–Crippen MR) is 183 cm³/mol. The molecule has 0 aromatic heterocycles. The van der Waals surface area contributed by atoms with Gasteiger partial charge in [0.25, 0.3) is 0 Å². The molecule has 3 unspecified atom stereocenters. The second-order valence-corrected chi connectivity index (χ2v) is 14.1. The first kappa shape index (κ1) is 36.7. The number of benzene rings is 2. The van der Waals surface area contributed by atoms with Crippen molar-refractivity contribution < 1.29 is 19.2 Å². The summed E-state index contributed by atoms with van der Waals surface area (Å²) in [6.07, 6.45) is 2.25. The molecule has 1 saturated carbocycles. The van der Waals surface area contributed by atoms with E-state index in [1.54, 1.807) is 0 Å². The topological polar surface area (TPSA) is 128 Å². The normalized spacial score (nSPS) is 19.4. The maximum atomic E-state index is 14.1. The Morgan fingerprint density at radius 2 is 1.52 bits per heavy atom. The summed E-state index contributed by atoms with van der Waals surface area (Å²) in [5, 5.41) is 15.4. The molecule has 4 atom stereocenters. The molecule has 1 aliphatic rings. The molecule has 0 saturated heterocycles. The summed E-state index contributed by atoms with van der Waals surface area (Å²) < 4.78 is 0. The van der Waals surface area contributed by atoms with Gasteiger partial charge in [-0.05, 0) is 49.8 Å². The number of amides is 4. The van der Waals surface area contributed by atoms with Gasteiger partial charge in [-0.15, -0.1) is 0 Å². The summed E-state index contributed by atoms with van der Waals surface area (Å²) in [5.41, 5.74) is -0.148. The van der Waals surface area contributed by atoms with Crippen molar-refractivity contribution in [3.05, 3.63) is 71.8 Å². The van der Waals surface area contributed by atoms with E-state index in [2.05, 4.69) is 26.6 Å². The van der Waals surface area contributed by atoms with Crippen molar-refractivity contribution in [2.75, 3.05) is 19.6 Å². The summed E-state index contributed by atoms with van der Waals surface area (Å²) >= 11 is 0. The molecule has 9 heteroatoms. The molecule has 0 radical (unpaired) electrons. The maximum Gasteiger partial charge on any atom is 0.246 e. The molecule has 46 heavy (non-hydrogen) atoms. The van der Waals surface area contributed by atoms with Gasteiger partial charge >= 0.3 is 0 Å². The summed E-state index contributed by atoms with van der Waals surface area (Å²) in [7, 11) is 0. The standard InChI is InChI=1S/C37H55N5O4/c1-8-36(7,25-35(5,6)41-32(44)26(3)4)24-31(43)40-30(22-27-16-12-10-13-17-27)33(45)42-37(34(46)39-21-20-38-9-2)23-29(37)28-18-14-11-15-19-28/h10-19,26,29-30,38H,8-9,20-25H2,1-7H3,(H,39,46)(H,40,43)(H,41,44)(H,42,45)/t29?,30-,36?,37?/m0/s1. The van der Waals surface area contributed by atoms with E-state index in [-0.39, 0.29) is 48.3 Å². The van der Waals surface area contributed by atoms with Crippen LogP contribution in [0.15, 0.2) is 60.7 Å². The molecular weight excluding hydrogens is 578 g/mol. The Morgan fingerprint density at radius 1 is 0.891 bits per heavy atom. The van der Waals surface area contributed by atoms with E-state index < -0.39 is 22.5 Å². The Balaban J connectivity index is 1.80. The number of carbonyl (C=O) groups is 4. The lowest BCUT2D eigenvalue weighted by Gasteiger charge is -2.38. The third-order valence-corrected chi connectivity index (χ3v) is 8.98. The smallest absolute Gasteiger partial charge is 0.246 e. The first-order valence-corrected chi connectivity index (χ1v) is 16.8. The minimum absolute atomic E-state index is 0.0269. The van der Waals surface area contributed by atoms with Gasteiger partial charge in [-0.25, -0.2) is 0 Å². The summed E-state index contributed by atoms with van der Waals surface area (Å²) in [5.74, 6) is -1.19. The van der Waals surface area contributed by atoms with Crippen LogP contribution in [0.25, 0.3) is 0 Å². The minimum Gasteiger partial charge on any atom is -0.353 e. The molecular formula is C37H55N5O4. The number of rotatable bonds is 18. The number of nitrogens with one attached hydrogen (secondary N) is 5. The lowest BCUT2D eigenvalue weighted by Crippen LogP contribution is -2.57. The summed E-state index contributed by atoms with van der Waals surface area (Å²) in [4.78, 5) is 53.8. The van der Waals surface area contributed by atoms with Crippen molar-refractivity contribution in [1.82, 2.24) is 26.6 Å². The highest BCUT2D eigenvalue weighted by molar-refractivity contribution is 5.98. The Hall–Kier alpha value is -3.72. The van der Waals surface area contributed by atoms with Crippen LogP contribution in [-0.2, 0) is 25.6 Å². The average Bonchev–Trinajstić information content (AvgIpc) is 3.74. The fourth-order valence-corrected chi connectivity index (χ4v) is 6.30. The van der Waals surface area contributed by atoms with Gasteiger partial charge in [0.05, 0.1) is 0 Å². The number of hydrogen-bond donors (Lipinski definition) is 5. The predicted octanol–water partition coefficient (Wildman–Crippen LogP) is 4.23. The molecule has 0 aliphatic heterocycles. The highest BCUT2D eigenvalue weighted by Gasteiger charge is 2.62. The van der Waals surface area contributed by atoms with Crippen molar-refractivity contribution in [1.29, 1.82) is 0 Å². The van der Waals surface area contributed by atoms with Gasteiger partial charge in [0, 0.05) is 43.3 Å². The SMILES string of the molecule is CCNCCNC(=O)C1(NC(=O)[C@H](Cc2ccccc2)NC(=O)CC(C)(CC)CC(C)(C)NC(=O)C(C)C)CC1c1ccccc1. The van der Waals surface area contributed by atoms with Gasteiger partial charge in [-0.3, -0.25) is 19.2 Å². The van der Waals surface area contributed by atoms with Crippen LogP contribution in [0.2, 0.25) is 0 Å². The molecule has 1 fully saturated rings. The van der Waals surface area contributed by atoms with Crippen molar-refractivity contribution in [3.8, 4) is 0 Å². The lowest BCUT2D eigenvalue weighted by atomic mass is 9.74. The third-order valence-electron chi connectivity index (χ3n) is 8.98. The van der Waals surface area contributed by atoms with E-state index in [4.69, 9.17) is 0 Å². The fraction of sp³-hybridized carbons (Fsp3) is 0.568. The molecule has 3 rings (SSSR count). The zero-order valence-corrected chi connectivity index (χ0v) is 28.8. The zero-order valence-electron chi connectivity index (χ0n) is 28.8. The van der Waals surface area contributed by atoms with Crippen LogP contribution in [-0.4, -0.2) is 60.4 Å². The van der Waals surface area contributed by atoms with Crippen LogP contribution in [0.1, 0.15) is 91.2 Å². The van der Waals surface area contributed by atoms with E-state index in [0.29, 0.717) is 32.4 Å². The Morgan fingerprint density at radius 3 is 2.11 bits per heavy atom. The number of hydrogen-bond acceptors (Lipinski definition) is 5. The molecule has 5 N–H and O–H groups in total. The molecule has 0 spiro atoms. The van der Waals surface area contributed by atoms with E-state index >= 15 is 0 Å². The number of likely N-dealkylation sites (N-methyl/N-ethyl adjacent to an activating group) is 1. The quantitative estimate of drug-likeness (QED) is 0.157. The molecule has 2 aromatic carbocycles. The van der Waals surface area contributed by atoms with E-state index in [1.165, 1.54) is 0 Å². The van der Waals surface area contributed by atoms with Crippen LogP contribution in [0.4, 0.5) is 0 Å².